The molecule has 7 heteroatoms. The van der Waals surface area contributed by atoms with E-state index in [0.29, 0.717) is 26.0 Å². The molecule has 2 aromatic carbocycles. The molecule has 0 aliphatic heterocycles. The monoisotopic (exact) mass is 394 g/mol. The van der Waals surface area contributed by atoms with Crippen molar-refractivity contribution >= 4 is 56.7 Å². The van der Waals surface area contributed by atoms with Crippen LogP contribution in [0.3, 0.4) is 0 Å². The molecule has 104 valence electrons. The minimum Gasteiger partial charge on any atom is -0.478 e. The zero-order valence-electron chi connectivity index (χ0n) is 9.66. The molecule has 0 aliphatic carbocycles. The number of benzene rings is 2. The summed E-state index contributed by atoms with van der Waals surface area (Å²) in [6.07, 6.45) is 0. The zero-order valence-corrected chi connectivity index (χ0v) is 13.5. The van der Waals surface area contributed by atoms with E-state index in [9.17, 15) is 4.79 Å². The molecule has 0 unspecified atom stereocenters. The summed E-state index contributed by atoms with van der Waals surface area (Å²) in [7, 11) is 0. The minimum absolute atomic E-state index is 0.000970. The second kappa shape index (κ2) is 6.22. The summed E-state index contributed by atoms with van der Waals surface area (Å²) in [6.45, 7) is 0. The van der Waals surface area contributed by atoms with Crippen LogP contribution in [-0.2, 0) is 0 Å². The molecule has 2 rings (SSSR count). The van der Waals surface area contributed by atoms with Crippen LogP contribution in [-0.4, -0.2) is 11.1 Å². The lowest BCUT2D eigenvalue weighted by atomic mass is 10.2. The van der Waals surface area contributed by atoms with Crippen LogP contribution < -0.4 is 4.74 Å². The number of halogens is 4. The predicted octanol–water partition coefficient (Wildman–Crippen LogP) is 5.90. The Labute approximate surface area is 138 Å². The number of rotatable bonds is 3. The van der Waals surface area contributed by atoms with Gasteiger partial charge in [-0.05, 0) is 34.1 Å². The third-order valence-electron chi connectivity index (χ3n) is 2.37. The van der Waals surface area contributed by atoms with Crippen molar-refractivity contribution in [3.8, 4) is 11.5 Å². The highest BCUT2D eigenvalue weighted by molar-refractivity contribution is 9.10. The van der Waals surface area contributed by atoms with Crippen molar-refractivity contribution in [3.05, 3.63) is 55.4 Å². The van der Waals surface area contributed by atoms with Crippen molar-refractivity contribution in [1.29, 1.82) is 0 Å². The average Bonchev–Trinajstić information content (AvgIpc) is 2.35. The Morgan fingerprint density at radius 1 is 1.05 bits per heavy atom. The Balaban J connectivity index is 2.33. The van der Waals surface area contributed by atoms with Gasteiger partial charge in [-0.25, -0.2) is 4.79 Å². The van der Waals surface area contributed by atoms with Crippen molar-refractivity contribution in [2.45, 2.75) is 0 Å². The number of hydrogen-bond acceptors (Lipinski definition) is 2. The van der Waals surface area contributed by atoms with Crippen molar-refractivity contribution in [3.63, 3.8) is 0 Å². The first-order valence-corrected chi connectivity index (χ1v) is 7.16. The maximum atomic E-state index is 10.9. The largest absolute Gasteiger partial charge is 0.478 e. The van der Waals surface area contributed by atoms with Gasteiger partial charge in [-0.15, -0.1) is 0 Å². The zero-order chi connectivity index (χ0) is 14.9. The number of carboxylic acid groups (broad SMARTS) is 1. The normalized spacial score (nSPS) is 10.4. The first-order valence-electron chi connectivity index (χ1n) is 5.23. The van der Waals surface area contributed by atoms with Crippen molar-refractivity contribution < 1.29 is 14.6 Å². The second-order valence-corrected chi connectivity index (χ2v) is 5.82. The summed E-state index contributed by atoms with van der Waals surface area (Å²) < 4.78 is 6.19. The van der Waals surface area contributed by atoms with Crippen molar-refractivity contribution in [2.24, 2.45) is 0 Å². The van der Waals surface area contributed by atoms with Gasteiger partial charge in [0.2, 0.25) is 0 Å². The van der Waals surface area contributed by atoms with Crippen molar-refractivity contribution in [1.82, 2.24) is 0 Å². The van der Waals surface area contributed by atoms with Gasteiger partial charge in [0.25, 0.3) is 0 Å². The quantitative estimate of drug-likeness (QED) is 0.657. The molecule has 0 radical (unpaired) electrons. The number of aromatic carboxylic acids is 1. The third kappa shape index (κ3) is 3.38. The van der Waals surface area contributed by atoms with E-state index in [1.54, 1.807) is 12.1 Å². The van der Waals surface area contributed by atoms with Crippen LogP contribution in [0.4, 0.5) is 0 Å². The SMILES string of the molecule is O=C(O)c1ccc(Oc2cc(Cl)c(Br)cc2Cl)cc1Cl. The molecule has 0 spiro atoms. The summed E-state index contributed by atoms with van der Waals surface area (Å²) in [5, 5.41) is 9.77. The summed E-state index contributed by atoms with van der Waals surface area (Å²) in [5.41, 5.74) is -0.000970. The molecular weight excluding hydrogens is 390 g/mol. The van der Waals surface area contributed by atoms with Gasteiger partial charge < -0.3 is 9.84 Å². The van der Waals surface area contributed by atoms with Crippen LogP contribution >= 0.6 is 50.7 Å². The summed E-state index contributed by atoms with van der Waals surface area (Å²) >= 11 is 21.1. The van der Waals surface area contributed by atoms with Gasteiger partial charge in [0.1, 0.15) is 11.5 Å². The van der Waals surface area contributed by atoms with E-state index in [1.807, 2.05) is 0 Å². The van der Waals surface area contributed by atoms with Crippen LogP contribution in [0.15, 0.2) is 34.8 Å². The molecule has 0 saturated heterocycles. The Bertz CT molecular complexity index is 689. The molecule has 1 N–H and O–H groups in total. The highest BCUT2D eigenvalue weighted by atomic mass is 79.9. The number of hydrogen-bond donors (Lipinski definition) is 1. The molecule has 0 aromatic heterocycles. The van der Waals surface area contributed by atoms with Gasteiger partial charge in [0.05, 0.1) is 20.6 Å². The fourth-order valence-electron chi connectivity index (χ4n) is 1.44. The van der Waals surface area contributed by atoms with E-state index in [0.717, 1.165) is 0 Å². The van der Waals surface area contributed by atoms with Crippen LogP contribution in [0.1, 0.15) is 10.4 Å². The molecular formula is C13H6BrCl3O3. The van der Waals surface area contributed by atoms with Crippen LogP contribution in [0, 0.1) is 0 Å². The Morgan fingerprint density at radius 2 is 1.75 bits per heavy atom. The van der Waals surface area contributed by atoms with Crippen LogP contribution in [0.2, 0.25) is 15.1 Å². The smallest absolute Gasteiger partial charge is 0.337 e. The molecule has 20 heavy (non-hydrogen) atoms. The Kier molecular flexibility index (Phi) is 4.81. The predicted molar refractivity (Wildman–Crippen MR) is 82.6 cm³/mol. The molecule has 0 atom stereocenters. The minimum atomic E-state index is -1.11. The van der Waals surface area contributed by atoms with Crippen molar-refractivity contribution in [2.75, 3.05) is 0 Å². The third-order valence-corrected chi connectivity index (χ3v) is 4.18. The standard InChI is InChI=1S/C13H6BrCl3O3/c14-8-4-11(17)12(5-10(8)16)20-6-1-2-7(13(18)19)9(15)3-6/h1-5H,(H,18,19). The summed E-state index contributed by atoms with van der Waals surface area (Å²) in [4.78, 5) is 10.9. The maximum Gasteiger partial charge on any atom is 0.337 e. The van der Waals surface area contributed by atoms with E-state index < -0.39 is 5.97 Å². The Morgan fingerprint density at radius 3 is 2.35 bits per heavy atom. The van der Waals surface area contributed by atoms with Gasteiger partial charge in [0.15, 0.2) is 0 Å². The highest BCUT2D eigenvalue weighted by Crippen LogP contribution is 2.37. The Hall–Kier alpha value is -0.940. The maximum absolute atomic E-state index is 10.9. The van der Waals surface area contributed by atoms with E-state index in [4.69, 9.17) is 44.6 Å². The number of carboxylic acids is 1. The molecule has 3 nitrogen and oxygen atoms in total. The molecule has 0 heterocycles. The first kappa shape index (κ1) is 15.4. The topological polar surface area (TPSA) is 46.5 Å². The van der Waals surface area contributed by atoms with Crippen LogP contribution in [0.5, 0.6) is 11.5 Å². The van der Waals surface area contributed by atoms with Gasteiger partial charge in [-0.3, -0.25) is 0 Å². The summed E-state index contributed by atoms with van der Waals surface area (Å²) in [5.74, 6) is -0.398. The lowest BCUT2D eigenvalue weighted by molar-refractivity contribution is 0.0697. The highest BCUT2D eigenvalue weighted by Gasteiger charge is 2.12. The van der Waals surface area contributed by atoms with E-state index in [2.05, 4.69) is 15.9 Å². The van der Waals surface area contributed by atoms with Gasteiger partial charge in [0, 0.05) is 16.6 Å². The van der Waals surface area contributed by atoms with Gasteiger partial charge in [-0.1, -0.05) is 34.8 Å². The molecule has 0 saturated carbocycles. The second-order valence-electron chi connectivity index (χ2n) is 3.75. The van der Waals surface area contributed by atoms with Gasteiger partial charge in [-0.2, -0.15) is 0 Å². The molecule has 0 amide bonds. The number of ether oxygens (including phenoxy) is 1. The first-order chi connectivity index (χ1) is 9.38. The lowest BCUT2D eigenvalue weighted by Gasteiger charge is -2.10. The lowest BCUT2D eigenvalue weighted by Crippen LogP contribution is -1.97. The molecule has 0 aliphatic rings. The number of carbonyl (C=O) groups is 1. The average molecular weight is 396 g/mol. The molecule has 0 fully saturated rings. The van der Waals surface area contributed by atoms with Crippen LogP contribution in [0.25, 0.3) is 0 Å². The van der Waals surface area contributed by atoms with E-state index >= 15 is 0 Å². The fraction of sp³-hybridized carbons (Fsp3) is 0. The molecule has 2 aromatic rings. The van der Waals surface area contributed by atoms with E-state index in [-0.39, 0.29) is 10.6 Å². The molecule has 0 bridgehead atoms. The summed E-state index contributed by atoms with van der Waals surface area (Å²) in [6, 6.07) is 7.40. The van der Waals surface area contributed by atoms with Gasteiger partial charge >= 0.3 is 5.97 Å². The van der Waals surface area contributed by atoms with E-state index in [1.165, 1.54) is 18.2 Å². The fourth-order valence-corrected chi connectivity index (χ4v) is 2.52.